The van der Waals surface area contributed by atoms with Crippen LogP contribution in [0.1, 0.15) is 24.4 Å². The first-order valence-corrected chi connectivity index (χ1v) is 7.79. The highest BCUT2D eigenvalue weighted by atomic mass is 16.5. The summed E-state index contributed by atoms with van der Waals surface area (Å²) in [7, 11) is 3.55. The van der Waals surface area contributed by atoms with Gasteiger partial charge in [0, 0.05) is 24.3 Å². The zero-order valence-electron chi connectivity index (χ0n) is 14.0. The van der Waals surface area contributed by atoms with Crippen LogP contribution in [-0.2, 0) is 13.6 Å². The van der Waals surface area contributed by atoms with Gasteiger partial charge in [0.1, 0.15) is 5.76 Å². The van der Waals surface area contributed by atoms with Crippen molar-refractivity contribution >= 4 is 17.0 Å². The van der Waals surface area contributed by atoms with Gasteiger partial charge in [-0.2, -0.15) is 0 Å². The van der Waals surface area contributed by atoms with E-state index in [1.165, 1.54) is 0 Å². The van der Waals surface area contributed by atoms with Crippen molar-refractivity contribution in [3.63, 3.8) is 0 Å². The number of amides is 2. The van der Waals surface area contributed by atoms with Crippen LogP contribution in [0.3, 0.4) is 0 Å². The maximum absolute atomic E-state index is 12.1. The number of hydrogen-bond acceptors (Lipinski definition) is 3. The highest BCUT2D eigenvalue weighted by Gasteiger charge is 2.16. The minimum absolute atomic E-state index is 0.240. The second-order valence-corrected chi connectivity index (χ2v) is 5.69. The van der Waals surface area contributed by atoms with E-state index in [0.717, 1.165) is 11.1 Å². The Labute approximate surface area is 140 Å². The van der Waals surface area contributed by atoms with Crippen molar-refractivity contribution in [1.82, 2.24) is 15.2 Å². The summed E-state index contributed by atoms with van der Waals surface area (Å²) in [5.41, 5.74) is 1.72. The van der Waals surface area contributed by atoms with Crippen LogP contribution in [-0.4, -0.2) is 17.7 Å². The number of benzene rings is 1. The number of carbonyl (C=O) groups is 1. The van der Waals surface area contributed by atoms with E-state index in [1.54, 1.807) is 7.11 Å². The monoisotopic (exact) mass is 327 g/mol. The van der Waals surface area contributed by atoms with Crippen LogP contribution in [0.5, 0.6) is 5.75 Å². The average Bonchev–Trinajstić information content (AvgIpc) is 3.18. The summed E-state index contributed by atoms with van der Waals surface area (Å²) >= 11 is 0. The Morgan fingerprint density at radius 2 is 2.17 bits per heavy atom. The summed E-state index contributed by atoms with van der Waals surface area (Å²) in [5, 5.41) is 6.67. The maximum Gasteiger partial charge on any atom is 0.315 e. The molecule has 0 radical (unpaired) electrons. The molecule has 6 nitrogen and oxygen atoms in total. The number of furan rings is 1. The fourth-order valence-corrected chi connectivity index (χ4v) is 2.60. The quantitative estimate of drug-likeness (QED) is 0.755. The molecule has 0 saturated heterocycles. The van der Waals surface area contributed by atoms with E-state index in [1.807, 2.05) is 61.1 Å². The molecule has 1 unspecified atom stereocenters. The van der Waals surface area contributed by atoms with E-state index >= 15 is 0 Å². The lowest BCUT2D eigenvalue weighted by Crippen LogP contribution is -2.36. The van der Waals surface area contributed by atoms with Gasteiger partial charge in [-0.05, 0) is 31.2 Å². The highest BCUT2D eigenvalue weighted by molar-refractivity contribution is 5.84. The lowest BCUT2D eigenvalue weighted by molar-refractivity contribution is 0.235. The van der Waals surface area contributed by atoms with E-state index in [0.29, 0.717) is 23.6 Å². The van der Waals surface area contributed by atoms with Crippen molar-refractivity contribution in [2.45, 2.75) is 19.5 Å². The van der Waals surface area contributed by atoms with Crippen molar-refractivity contribution in [2.24, 2.45) is 7.05 Å². The molecular weight excluding hydrogens is 306 g/mol. The Bertz CT molecular complexity index is 850. The highest BCUT2D eigenvalue weighted by Crippen LogP contribution is 2.30. The van der Waals surface area contributed by atoms with E-state index in [-0.39, 0.29) is 12.1 Å². The number of para-hydroxylation sites is 1. The van der Waals surface area contributed by atoms with Gasteiger partial charge < -0.3 is 24.4 Å². The van der Waals surface area contributed by atoms with Crippen molar-refractivity contribution in [3.8, 4) is 5.75 Å². The molecular formula is C18H21N3O3. The Balaban J connectivity index is 1.65. The lowest BCUT2D eigenvalue weighted by atomic mass is 10.2. The summed E-state index contributed by atoms with van der Waals surface area (Å²) in [4.78, 5) is 12.1. The molecule has 2 heterocycles. The Hall–Kier alpha value is -2.89. The van der Waals surface area contributed by atoms with Crippen LogP contribution in [0.25, 0.3) is 11.0 Å². The van der Waals surface area contributed by atoms with E-state index < -0.39 is 0 Å². The molecule has 6 heteroatoms. The molecule has 0 bridgehead atoms. The molecule has 0 fully saturated rings. The van der Waals surface area contributed by atoms with Gasteiger partial charge in [-0.25, -0.2) is 4.79 Å². The molecule has 2 aromatic heterocycles. The van der Waals surface area contributed by atoms with Gasteiger partial charge in [0.2, 0.25) is 0 Å². The summed E-state index contributed by atoms with van der Waals surface area (Å²) in [6.07, 6.45) is 1.94. The average molecular weight is 327 g/mol. The smallest absolute Gasteiger partial charge is 0.315 e. The Morgan fingerprint density at radius 3 is 2.88 bits per heavy atom. The van der Waals surface area contributed by atoms with Gasteiger partial charge >= 0.3 is 6.03 Å². The minimum atomic E-state index is -0.254. The van der Waals surface area contributed by atoms with Gasteiger partial charge in [0.25, 0.3) is 0 Å². The molecule has 126 valence electrons. The largest absolute Gasteiger partial charge is 0.493 e. The predicted octanol–water partition coefficient (Wildman–Crippen LogP) is 3.34. The molecule has 2 N–H and O–H groups in total. The number of nitrogens with one attached hydrogen (secondary N) is 2. The van der Waals surface area contributed by atoms with Crippen LogP contribution in [0.4, 0.5) is 4.79 Å². The third-order valence-electron chi connectivity index (χ3n) is 4.00. The minimum Gasteiger partial charge on any atom is -0.493 e. The van der Waals surface area contributed by atoms with Gasteiger partial charge in [0.05, 0.1) is 19.7 Å². The number of fused-ring (bicyclic) bond motifs is 1. The summed E-state index contributed by atoms with van der Waals surface area (Å²) in [6, 6.07) is 11.0. The molecule has 0 spiro atoms. The Morgan fingerprint density at radius 1 is 1.33 bits per heavy atom. The second kappa shape index (κ2) is 6.70. The number of aryl methyl sites for hydroxylation is 1. The molecule has 24 heavy (non-hydrogen) atoms. The number of aromatic nitrogens is 1. The first kappa shape index (κ1) is 16.0. The fraction of sp³-hybridized carbons (Fsp3) is 0.278. The first-order valence-electron chi connectivity index (χ1n) is 7.79. The van der Waals surface area contributed by atoms with Gasteiger partial charge in [-0.1, -0.05) is 12.1 Å². The van der Waals surface area contributed by atoms with Crippen LogP contribution in [0.15, 0.2) is 47.0 Å². The van der Waals surface area contributed by atoms with Crippen molar-refractivity contribution in [3.05, 3.63) is 54.0 Å². The van der Waals surface area contributed by atoms with Crippen LogP contribution < -0.4 is 15.4 Å². The molecule has 0 aliphatic heterocycles. The van der Waals surface area contributed by atoms with Crippen molar-refractivity contribution < 1.29 is 13.9 Å². The topological polar surface area (TPSA) is 68.4 Å². The molecule has 1 aromatic carbocycles. The van der Waals surface area contributed by atoms with Crippen LogP contribution in [0, 0.1) is 0 Å². The van der Waals surface area contributed by atoms with Crippen LogP contribution >= 0.6 is 0 Å². The van der Waals surface area contributed by atoms with Crippen molar-refractivity contribution in [1.29, 1.82) is 0 Å². The fourth-order valence-electron chi connectivity index (χ4n) is 2.60. The maximum atomic E-state index is 12.1. The number of hydrogen-bond donors (Lipinski definition) is 2. The zero-order valence-corrected chi connectivity index (χ0v) is 14.0. The summed E-state index contributed by atoms with van der Waals surface area (Å²) in [5.74, 6) is 1.36. The first-order chi connectivity index (χ1) is 11.6. The molecule has 1 atom stereocenters. The normalized spacial score (nSPS) is 12.1. The SMILES string of the molecule is COc1cccc2cc(C(C)NC(=O)NCc3cccn3C)oc12. The molecule has 0 aliphatic rings. The van der Waals surface area contributed by atoms with E-state index in [4.69, 9.17) is 9.15 Å². The zero-order chi connectivity index (χ0) is 17.1. The predicted molar refractivity (Wildman–Crippen MR) is 92.0 cm³/mol. The number of rotatable bonds is 5. The molecule has 2 amide bonds. The van der Waals surface area contributed by atoms with Crippen molar-refractivity contribution in [2.75, 3.05) is 7.11 Å². The summed E-state index contributed by atoms with van der Waals surface area (Å²) in [6.45, 7) is 2.35. The van der Waals surface area contributed by atoms with Crippen LogP contribution in [0.2, 0.25) is 0 Å². The van der Waals surface area contributed by atoms with E-state index in [9.17, 15) is 4.79 Å². The number of urea groups is 1. The standard InChI is InChI=1S/C18H21N3O3/c1-12(20-18(22)19-11-14-7-5-9-21(14)2)16-10-13-6-4-8-15(23-3)17(13)24-16/h4-10,12H,11H2,1-3H3,(H2,19,20,22). The number of ether oxygens (including phenoxy) is 1. The number of methoxy groups -OCH3 is 1. The van der Waals surface area contributed by atoms with Gasteiger partial charge in [-0.15, -0.1) is 0 Å². The number of carbonyl (C=O) groups excluding carboxylic acids is 1. The molecule has 3 rings (SSSR count). The van der Waals surface area contributed by atoms with Gasteiger partial charge in [-0.3, -0.25) is 0 Å². The Kier molecular flexibility index (Phi) is 4.46. The molecule has 3 aromatic rings. The summed E-state index contributed by atoms with van der Waals surface area (Å²) < 4.78 is 13.1. The van der Waals surface area contributed by atoms with Gasteiger partial charge in [0.15, 0.2) is 11.3 Å². The third-order valence-corrected chi connectivity index (χ3v) is 4.00. The molecule has 0 aliphatic carbocycles. The lowest BCUT2D eigenvalue weighted by Gasteiger charge is -2.13. The molecule has 0 saturated carbocycles. The van der Waals surface area contributed by atoms with E-state index in [2.05, 4.69) is 10.6 Å². The second-order valence-electron chi connectivity index (χ2n) is 5.69. The third kappa shape index (κ3) is 3.22. The number of nitrogens with zero attached hydrogens (tertiary/aromatic N) is 1.